The summed E-state index contributed by atoms with van der Waals surface area (Å²) in [5.74, 6) is 0.561. The zero-order chi connectivity index (χ0) is 11.6. The number of aromatic nitrogens is 1. The maximum atomic E-state index is 11.6. The molecule has 6 heteroatoms. The van der Waals surface area contributed by atoms with E-state index in [1.165, 1.54) is 6.21 Å². The third-order valence-corrected chi connectivity index (χ3v) is 4.26. The smallest absolute Gasteiger partial charge is 0.195 e. The molecule has 0 N–H and O–H groups in total. The standard InChI is InChI=1S/C9H13IN2O2S/c1-6-8(10)7(14-12-6)5-11-15(13)9(2,3)4/h5H,1-4H3. The van der Waals surface area contributed by atoms with Crippen LogP contribution in [0.2, 0.25) is 0 Å². The van der Waals surface area contributed by atoms with Gasteiger partial charge in [0.25, 0.3) is 0 Å². The second-order valence-corrected chi connectivity index (χ2v) is 7.05. The Morgan fingerprint density at radius 3 is 2.53 bits per heavy atom. The Morgan fingerprint density at radius 2 is 2.13 bits per heavy atom. The van der Waals surface area contributed by atoms with E-state index >= 15 is 0 Å². The molecule has 0 spiro atoms. The van der Waals surface area contributed by atoms with E-state index in [0.29, 0.717) is 5.76 Å². The minimum Gasteiger partial charge on any atom is -0.591 e. The molecule has 84 valence electrons. The summed E-state index contributed by atoms with van der Waals surface area (Å²) < 4.78 is 21.1. The van der Waals surface area contributed by atoms with Crippen LogP contribution in [-0.4, -0.2) is 20.7 Å². The highest BCUT2D eigenvalue weighted by atomic mass is 127. The van der Waals surface area contributed by atoms with Gasteiger partial charge in [0.15, 0.2) is 5.76 Å². The van der Waals surface area contributed by atoms with Crippen LogP contribution in [0.5, 0.6) is 0 Å². The molecule has 0 aliphatic heterocycles. The van der Waals surface area contributed by atoms with E-state index in [1.807, 2.05) is 27.7 Å². The highest BCUT2D eigenvalue weighted by molar-refractivity contribution is 14.1. The molecule has 1 heterocycles. The van der Waals surface area contributed by atoms with Crippen LogP contribution in [0.3, 0.4) is 0 Å². The molecule has 0 saturated carbocycles. The van der Waals surface area contributed by atoms with Gasteiger partial charge in [-0.2, -0.15) is 0 Å². The van der Waals surface area contributed by atoms with Crippen LogP contribution in [0.4, 0.5) is 0 Å². The predicted octanol–water partition coefficient (Wildman–Crippen LogP) is 2.47. The monoisotopic (exact) mass is 340 g/mol. The van der Waals surface area contributed by atoms with Gasteiger partial charge in [-0.25, -0.2) is 0 Å². The number of hydrogen-bond donors (Lipinski definition) is 0. The van der Waals surface area contributed by atoms with Crippen LogP contribution >= 0.6 is 22.6 Å². The van der Waals surface area contributed by atoms with Gasteiger partial charge in [0, 0.05) is 0 Å². The van der Waals surface area contributed by atoms with E-state index in [4.69, 9.17) is 4.52 Å². The highest BCUT2D eigenvalue weighted by Gasteiger charge is 2.26. The van der Waals surface area contributed by atoms with Gasteiger partial charge in [-0.3, -0.25) is 0 Å². The predicted molar refractivity (Wildman–Crippen MR) is 69.4 cm³/mol. The molecule has 0 fully saturated rings. The Labute approximate surface area is 106 Å². The van der Waals surface area contributed by atoms with Gasteiger partial charge < -0.3 is 9.08 Å². The average Bonchev–Trinajstić information content (AvgIpc) is 2.43. The lowest BCUT2D eigenvalue weighted by atomic mass is 10.3. The van der Waals surface area contributed by atoms with Crippen LogP contribution < -0.4 is 0 Å². The van der Waals surface area contributed by atoms with Gasteiger partial charge in [0.2, 0.25) is 0 Å². The zero-order valence-electron chi connectivity index (χ0n) is 9.07. The molecule has 1 aromatic heterocycles. The fraction of sp³-hybridized carbons (Fsp3) is 0.556. The summed E-state index contributed by atoms with van der Waals surface area (Å²) in [6, 6.07) is 0. The topological polar surface area (TPSA) is 61.5 Å². The molecule has 0 aliphatic rings. The maximum absolute atomic E-state index is 11.6. The van der Waals surface area contributed by atoms with Crippen LogP contribution in [0.15, 0.2) is 8.92 Å². The molecule has 0 aromatic carbocycles. The second kappa shape index (κ2) is 4.84. The van der Waals surface area contributed by atoms with E-state index in [-0.39, 0.29) is 4.75 Å². The first-order valence-corrected chi connectivity index (χ1v) is 6.59. The summed E-state index contributed by atoms with van der Waals surface area (Å²) in [4.78, 5) is 0. The van der Waals surface area contributed by atoms with Crippen LogP contribution in [0.1, 0.15) is 32.2 Å². The summed E-state index contributed by atoms with van der Waals surface area (Å²) in [6.45, 7) is 7.47. The summed E-state index contributed by atoms with van der Waals surface area (Å²) in [6.07, 6.45) is 1.48. The molecule has 0 bridgehead atoms. The zero-order valence-corrected chi connectivity index (χ0v) is 12.0. The fourth-order valence-corrected chi connectivity index (χ4v) is 1.55. The highest BCUT2D eigenvalue weighted by Crippen LogP contribution is 2.18. The molecule has 1 rings (SSSR count). The molecule has 1 unspecified atom stereocenters. The van der Waals surface area contributed by atoms with Crippen LogP contribution in [0.25, 0.3) is 0 Å². The fourth-order valence-electron chi connectivity index (χ4n) is 0.710. The van der Waals surface area contributed by atoms with Crippen molar-refractivity contribution in [2.45, 2.75) is 32.4 Å². The molecule has 4 nitrogen and oxygen atoms in total. The second-order valence-electron chi connectivity index (χ2n) is 4.04. The van der Waals surface area contributed by atoms with Crippen molar-refractivity contribution in [3.63, 3.8) is 0 Å². The van der Waals surface area contributed by atoms with Crippen molar-refractivity contribution in [1.29, 1.82) is 0 Å². The number of aryl methyl sites for hydroxylation is 1. The van der Waals surface area contributed by atoms with Crippen molar-refractivity contribution in [1.82, 2.24) is 5.16 Å². The maximum Gasteiger partial charge on any atom is 0.195 e. The third-order valence-electron chi connectivity index (χ3n) is 1.60. The van der Waals surface area contributed by atoms with Crippen LogP contribution in [0, 0.1) is 10.5 Å². The summed E-state index contributed by atoms with van der Waals surface area (Å²) >= 11 is 0.863. The minimum absolute atomic E-state index is 0.350. The van der Waals surface area contributed by atoms with Crippen molar-refractivity contribution >= 4 is 40.2 Å². The van der Waals surface area contributed by atoms with Gasteiger partial charge in [-0.1, -0.05) is 9.55 Å². The molecule has 15 heavy (non-hydrogen) atoms. The van der Waals surface area contributed by atoms with Crippen molar-refractivity contribution in [3.05, 3.63) is 15.0 Å². The van der Waals surface area contributed by atoms with Crippen molar-refractivity contribution in [3.8, 4) is 0 Å². The molecule has 0 radical (unpaired) electrons. The summed E-state index contributed by atoms with van der Waals surface area (Å²) in [5.41, 5.74) is 0.818. The minimum atomic E-state index is -1.26. The molecule has 0 aliphatic carbocycles. The lowest BCUT2D eigenvalue weighted by Gasteiger charge is -2.17. The lowest BCUT2D eigenvalue weighted by molar-refractivity contribution is 0.410. The molecular formula is C9H13IN2O2S. The molecule has 0 saturated heterocycles. The molecular weight excluding hydrogens is 327 g/mol. The van der Waals surface area contributed by atoms with E-state index < -0.39 is 11.4 Å². The Bertz CT molecular complexity index is 371. The van der Waals surface area contributed by atoms with Crippen molar-refractivity contribution in [2.24, 2.45) is 4.40 Å². The lowest BCUT2D eigenvalue weighted by Crippen LogP contribution is -2.25. The van der Waals surface area contributed by atoms with Gasteiger partial charge >= 0.3 is 0 Å². The normalized spacial score (nSPS) is 14.8. The number of nitrogens with zero attached hydrogens (tertiary/aromatic N) is 2. The Kier molecular flexibility index (Phi) is 4.19. The van der Waals surface area contributed by atoms with E-state index in [9.17, 15) is 4.55 Å². The van der Waals surface area contributed by atoms with Crippen molar-refractivity contribution < 1.29 is 9.08 Å². The van der Waals surface area contributed by atoms with Crippen molar-refractivity contribution in [2.75, 3.05) is 0 Å². The largest absolute Gasteiger partial charge is 0.591 e. The first kappa shape index (κ1) is 13.0. The first-order chi connectivity index (χ1) is 6.82. The van der Waals surface area contributed by atoms with E-state index in [2.05, 4.69) is 32.1 Å². The molecule has 1 atom stereocenters. The van der Waals surface area contributed by atoms with E-state index in [1.54, 1.807) is 0 Å². The first-order valence-electron chi connectivity index (χ1n) is 4.40. The van der Waals surface area contributed by atoms with Gasteiger partial charge in [-0.05, 0) is 50.3 Å². The summed E-state index contributed by atoms with van der Waals surface area (Å²) in [7, 11) is 0. The van der Waals surface area contributed by atoms with Gasteiger partial charge in [0.05, 0.1) is 9.26 Å². The summed E-state index contributed by atoms with van der Waals surface area (Å²) in [5, 5.41) is 3.78. The molecule has 1 aromatic rings. The van der Waals surface area contributed by atoms with E-state index in [0.717, 1.165) is 9.26 Å². The SMILES string of the molecule is Cc1noc(C=N[S+]([O-])C(C)(C)C)c1I. The third kappa shape index (κ3) is 3.46. The van der Waals surface area contributed by atoms with Gasteiger partial charge in [0.1, 0.15) is 22.3 Å². The number of rotatable bonds is 2. The number of hydrogen-bond acceptors (Lipinski definition) is 4. The van der Waals surface area contributed by atoms with Gasteiger partial charge in [-0.15, -0.1) is 0 Å². The molecule has 0 amide bonds. The number of halogens is 1. The van der Waals surface area contributed by atoms with Crippen LogP contribution in [-0.2, 0) is 11.4 Å². The Balaban J connectivity index is 2.78. The average molecular weight is 340 g/mol. The quantitative estimate of drug-likeness (QED) is 0.472. The Hall–Kier alpha value is -0.0800. The Morgan fingerprint density at radius 1 is 1.53 bits per heavy atom.